The summed E-state index contributed by atoms with van der Waals surface area (Å²) in [5.41, 5.74) is -0.323. The average molecular weight is 239 g/mol. The fourth-order valence-corrected chi connectivity index (χ4v) is 3.55. The van der Waals surface area contributed by atoms with Crippen molar-refractivity contribution in [2.75, 3.05) is 6.61 Å². The van der Waals surface area contributed by atoms with Crippen molar-refractivity contribution in [3.05, 3.63) is 0 Å². The molecule has 2 rings (SSSR count). The lowest BCUT2D eigenvalue weighted by Gasteiger charge is -2.32. The molecular formula is C13H21NO3. The Balaban J connectivity index is 2.17. The molecule has 1 amide bonds. The number of fused-ring (bicyclic) bond motifs is 2. The van der Waals surface area contributed by atoms with Crippen LogP contribution in [0.2, 0.25) is 0 Å². The maximum absolute atomic E-state index is 12.4. The van der Waals surface area contributed by atoms with Crippen LogP contribution < -0.4 is 5.32 Å². The van der Waals surface area contributed by atoms with Crippen LogP contribution in [0.5, 0.6) is 0 Å². The van der Waals surface area contributed by atoms with Gasteiger partial charge in [-0.3, -0.25) is 4.79 Å². The predicted molar refractivity (Wildman–Crippen MR) is 63.6 cm³/mol. The maximum atomic E-state index is 12.4. The van der Waals surface area contributed by atoms with E-state index in [1.807, 2.05) is 6.92 Å². The van der Waals surface area contributed by atoms with Crippen LogP contribution in [0.15, 0.2) is 0 Å². The van der Waals surface area contributed by atoms with Crippen molar-refractivity contribution in [3.63, 3.8) is 0 Å². The van der Waals surface area contributed by atoms with Crippen molar-refractivity contribution in [3.8, 4) is 0 Å². The number of ketones is 1. The quantitative estimate of drug-likeness (QED) is 0.803. The molecule has 4 heteroatoms. The van der Waals surface area contributed by atoms with E-state index in [9.17, 15) is 9.59 Å². The Hall–Kier alpha value is -1.06. The molecular weight excluding hydrogens is 218 g/mol. The molecule has 2 bridgehead atoms. The summed E-state index contributed by atoms with van der Waals surface area (Å²) in [6, 6.07) is -0.359. The van der Waals surface area contributed by atoms with Crippen molar-refractivity contribution in [1.29, 1.82) is 0 Å². The second-order valence-electron chi connectivity index (χ2n) is 5.91. The van der Waals surface area contributed by atoms with Crippen LogP contribution in [0.1, 0.15) is 40.5 Å². The molecule has 0 spiro atoms. The number of alkyl carbamates (subject to hydrolysis) is 1. The molecule has 0 aromatic carbocycles. The first-order chi connectivity index (χ1) is 7.84. The molecule has 0 aromatic rings. The van der Waals surface area contributed by atoms with Gasteiger partial charge in [-0.1, -0.05) is 20.8 Å². The molecule has 96 valence electrons. The highest BCUT2D eigenvalue weighted by atomic mass is 16.5. The molecule has 2 fully saturated rings. The van der Waals surface area contributed by atoms with Gasteiger partial charge < -0.3 is 10.1 Å². The van der Waals surface area contributed by atoms with E-state index in [2.05, 4.69) is 19.2 Å². The molecule has 0 aliphatic heterocycles. The second-order valence-corrected chi connectivity index (χ2v) is 5.91. The van der Waals surface area contributed by atoms with Crippen molar-refractivity contribution in [1.82, 2.24) is 5.32 Å². The van der Waals surface area contributed by atoms with Crippen molar-refractivity contribution < 1.29 is 14.3 Å². The Morgan fingerprint density at radius 1 is 1.47 bits per heavy atom. The molecule has 2 aliphatic rings. The highest BCUT2D eigenvalue weighted by Gasteiger charge is 2.66. The smallest absolute Gasteiger partial charge is 0.407 e. The van der Waals surface area contributed by atoms with Crippen LogP contribution in [0, 0.1) is 16.7 Å². The summed E-state index contributed by atoms with van der Waals surface area (Å²) in [5.74, 6) is 0.413. The number of ether oxygens (including phenoxy) is 1. The van der Waals surface area contributed by atoms with E-state index in [0.29, 0.717) is 6.61 Å². The molecule has 1 N–H and O–H groups in total. The topological polar surface area (TPSA) is 55.4 Å². The fourth-order valence-electron chi connectivity index (χ4n) is 3.55. The minimum atomic E-state index is -0.474. The zero-order valence-electron chi connectivity index (χ0n) is 11.0. The summed E-state index contributed by atoms with van der Waals surface area (Å²) < 4.78 is 4.86. The summed E-state index contributed by atoms with van der Waals surface area (Å²) in [6.07, 6.45) is 1.47. The highest BCUT2D eigenvalue weighted by molar-refractivity contribution is 5.96. The van der Waals surface area contributed by atoms with Crippen LogP contribution in [0.25, 0.3) is 0 Å². The van der Waals surface area contributed by atoms with Gasteiger partial charge in [0.05, 0.1) is 12.6 Å². The van der Waals surface area contributed by atoms with E-state index in [0.717, 1.165) is 12.8 Å². The van der Waals surface area contributed by atoms with Gasteiger partial charge in [0.25, 0.3) is 0 Å². The Kier molecular flexibility index (Phi) is 2.71. The third kappa shape index (κ3) is 1.49. The molecule has 2 saturated carbocycles. The third-order valence-corrected chi connectivity index (χ3v) is 5.08. The molecule has 17 heavy (non-hydrogen) atoms. The number of rotatable bonds is 2. The van der Waals surface area contributed by atoms with Gasteiger partial charge in [0.1, 0.15) is 0 Å². The monoisotopic (exact) mass is 239 g/mol. The van der Waals surface area contributed by atoms with E-state index in [-0.39, 0.29) is 28.6 Å². The molecule has 0 aromatic heterocycles. The van der Waals surface area contributed by atoms with Gasteiger partial charge in [0.2, 0.25) is 0 Å². The highest BCUT2D eigenvalue weighted by Crippen LogP contribution is 2.63. The standard InChI is InChI=1S/C13H21NO3/c1-5-17-11(16)14-9-8-6-7-13(4,10(9)15)12(8,2)3/h8-9H,5-7H2,1-4H3,(H,14,16)/t8-,9+,13+/m1/s1. The zero-order valence-corrected chi connectivity index (χ0v) is 11.0. The number of carbonyl (C=O) groups excluding carboxylic acids is 2. The van der Waals surface area contributed by atoms with Crippen molar-refractivity contribution >= 4 is 11.9 Å². The SMILES string of the molecule is CCOC(=O)N[C@@H]1C(=O)[C@]2(C)CC[C@H]1C2(C)C. The molecule has 0 saturated heterocycles. The molecule has 2 aliphatic carbocycles. The van der Waals surface area contributed by atoms with Gasteiger partial charge in [0, 0.05) is 5.41 Å². The summed E-state index contributed by atoms with van der Waals surface area (Å²) >= 11 is 0. The largest absolute Gasteiger partial charge is 0.450 e. The summed E-state index contributed by atoms with van der Waals surface area (Å²) in [6.45, 7) is 8.39. The Morgan fingerprint density at radius 3 is 2.59 bits per heavy atom. The van der Waals surface area contributed by atoms with Crippen LogP contribution in [0.3, 0.4) is 0 Å². The number of Topliss-reactive ketones (excluding diaryl/α,β-unsaturated/α-hetero) is 1. The number of carbonyl (C=O) groups is 2. The number of hydrogen-bond donors (Lipinski definition) is 1. The van der Waals surface area contributed by atoms with Crippen LogP contribution in [-0.4, -0.2) is 24.5 Å². The van der Waals surface area contributed by atoms with E-state index >= 15 is 0 Å². The van der Waals surface area contributed by atoms with E-state index in [1.54, 1.807) is 6.92 Å². The molecule has 0 radical (unpaired) electrons. The first kappa shape index (κ1) is 12.4. The first-order valence-electron chi connectivity index (χ1n) is 6.32. The van der Waals surface area contributed by atoms with E-state index < -0.39 is 6.09 Å². The number of nitrogens with one attached hydrogen (secondary N) is 1. The van der Waals surface area contributed by atoms with E-state index in [1.165, 1.54) is 0 Å². The van der Waals surface area contributed by atoms with Gasteiger partial charge in [-0.25, -0.2) is 4.79 Å². The molecule has 4 nitrogen and oxygen atoms in total. The fraction of sp³-hybridized carbons (Fsp3) is 0.846. The van der Waals surface area contributed by atoms with Crippen LogP contribution >= 0.6 is 0 Å². The molecule has 0 heterocycles. The van der Waals surface area contributed by atoms with Gasteiger partial charge in [-0.15, -0.1) is 0 Å². The molecule has 0 unspecified atom stereocenters. The van der Waals surface area contributed by atoms with Crippen LogP contribution in [0.4, 0.5) is 4.79 Å². The Bertz CT molecular complexity index is 364. The van der Waals surface area contributed by atoms with Gasteiger partial charge >= 0.3 is 6.09 Å². The van der Waals surface area contributed by atoms with Gasteiger partial charge in [-0.2, -0.15) is 0 Å². The Morgan fingerprint density at radius 2 is 2.12 bits per heavy atom. The third-order valence-electron chi connectivity index (χ3n) is 5.08. The van der Waals surface area contributed by atoms with Crippen molar-refractivity contribution in [2.45, 2.75) is 46.6 Å². The summed E-state index contributed by atoms with van der Waals surface area (Å²) in [4.78, 5) is 23.8. The van der Waals surface area contributed by atoms with Crippen molar-refractivity contribution in [2.24, 2.45) is 16.7 Å². The lowest BCUT2D eigenvalue weighted by molar-refractivity contribution is -0.129. The normalized spacial score (nSPS) is 38.2. The number of hydrogen-bond acceptors (Lipinski definition) is 3. The molecule has 3 atom stereocenters. The predicted octanol–water partition coefficient (Wildman–Crippen LogP) is 2.13. The minimum absolute atomic E-state index is 0.0335. The average Bonchev–Trinajstić information content (AvgIpc) is 2.53. The van der Waals surface area contributed by atoms with Gasteiger partial charge in [-0.05, 0) is 31.1 Å². The first-order valence-corrected chi connectivity index (χ1v) is 6.32. The maximum Gasteiger partial charge on any atom is 0.407 e. The lowest BCUT2D eigenvalue weighted by atomic mass is 9.70. The summed E-state index contributed by atoms with van der Waals surface area (Å²) in [5, 5.41) is 2.73. The zero-order chi connectivity index (χ0) is 12.8. The number of amides is 1. The Labute approximate surface area is 102 Å². The summed E-state index contributed by atoms with van der Waals surface area (Å²) in [7, 11) is 0. The van der Waals surface area contributed by atoms with Gasteiger partial charge in [0.15, 0.2) is 5.78 Å². The lowest BCUT2D eigenvalue weighted by Crippen LogP contribution is -2.46. The van der Waals surface area contributed by atoms with E-state index in [4.69, 9.17) is 4.74 Å². The van der Waals surface area contributed by atoms with Crippen LogP contribution in [-0.2, 0) is 9.53 Å². The second kappa shape index (κ2) is 3.72. The minimum Gasteiger partial charge on any atom is -0.450 e.